The van der Waals surface area contributed by atoms with Crippen LogP contribution in [0, 0.1) is 0 Å². The van der Waals surface area contributed by atoms with Crippen molar-refractivity contribution in [1.82, 2.24) is 4.90 Å². The summed E-state index contributed by atoms with van der Waals surface area (Å²) in [4.78, 5) is 46.4. The molecule has 0 unspecified atom stereocenters. The second-order valence-corrected chi connectivity index (χ2v) is 7.76. The summed E-state index contributed by atoms with van der Waals surface area (Å²) in [6.45, 7) is 12.0. The van der Waals surface area contributed by atoms with Crippen molar-refractivity contribution in [2.75, 3.05) is 6.54 Å². The number of nitrogens with zero attached hydrogens (tertiary/aromatic N) is 1. The lowest BCUT2D eigenvalue weighted by molar-refractivity contribution is -0.501. The van der Waals surface area contributed by atoms with Crippen LogP contribution in [0.5, 0.6) is 0 Å². The highest BCUT2D eigenvalue weighted by atomic mass is 17.3. The molecule has 0 saturated heterocycles. The van der Waals surface area contributed by atoms with E-state index in [4.69, 9.17) is 19.6 Å². The zero-order valence-electron chi connectivity index (χ0n) is 16.9. The SMILES string of the molecule is CCCC(C)(C)OOC(CCN1C(=O)C=CC1=O)OOC(C)(C)CCC. The van der Waals surface area contributed by atoms with Gasteiger partial charge in [-0.1, -0.05) is 26.7 Å². The average Bonchev–Trinajstić information content (AvgIpc) is 2.85. The standard InChI is InChI=1S/C19H33NO6/c1-7-12-18(3,4)25-23-17(24-26-19(5,6)13-8-2)11-14-20-15(21)9-10-16(20)22/h9-10,17H,7-8,11-14H2,1-6H3. The van der Waals surface area contributed by atoms with Crippen LogP contribution >= 0.6 is 0 Å². The Hall–Kier alpha value is -1.28. The third-order valence-corrected chi connectivity index (χ3v) is 3.96. The predicted octanol–water partition coefficient (Wildman–Crippen LogP) is 3.68. The molecule has 1 aliphatic heterocycles. The van der Waals surface area contributed by atoms with Gasteiger partial charge < -0.3 is 0 Å². The molecule has 0 N–H and O–H groups in total. The van der Waals surface area contributed by atoms with Gasteiger partial charge in [-0.3, -0.25) is 14.5 Å². The van der Waals surface area contributed by atoms with E-state index in [0.717, 1.165) is 30.6 Å². The van der Waals surface area contributed by atoms with Gasteiger partial charge in [0.05, 0.1) is 11.2 Å². The van der Waals surface area contributed by atoms with E-state index >= 15 is 0 Å². The van der Waals surface area contributed by atoms with E-state index in [2.05, 4.69) is 13.8 Å². The summed E-state index contributed by atoms with van der Waals surface area (Å²) in [5, 5.41) is 0. The molecule has 0 aromatic rings. The largest absolute Gasteiger partial charge is 0.275 e. The number of hydrogen-bond donors (Lipinski definition) is 0. The van der Waals surface area contributed by atoms with E-state index in [1.54, 1.807) is 0 Å². The molecule has 0 saturated carbocycles. The first-order valence-electron chi connectivity index (χ1n) is 9.32. The van der Waals surface area contributed by atoms with Gasteiger partial charge in [0.15, 0.2) is 0 Å². The maximum atomic E-state index is 11.7. The summed E-state index contributed by atoms with van der Waals surface area (Å²) in [5.41, 5.74) is -0.952. The lowest BCUT2D eigenvalue weighted by Crippen LogP contribution is -2.36. The molecule has 7 heteroatoms. The lowest BCUT2D eigenvalue weighted by Gasteiger charge is -2.29. The summed E-state index contributed by atoms with van der Waals surface area (Å²) in [6.07, 6.45) is 5.41. The molecule has 0 spiro atoms. The minimum absolute atomic E-state index is 0.157. The van der Waals surface area contributed by atoms with Gasteiger partial charge in [-0.25, -0.2) is 19.6 Å². The van der Waals surface area contributed by atoms with Crippen molar-refractivity contribution in [3.63, 3.8) is 0 Å². The van der Waals surface area contributed by atoms with E-state index in [-0.39, 0.29) is 24.8 Å². The van der Waals surface area contributed by atoms with Crippen molar-refractivity contribution in [3.05, 3.63) is 12.2 Å². The van der Waals surface area contributed by atoms with Crippen LogP contribution in [-0.2, 0) is 29.1 Å². The molecular formula is C19H33NO6. The Morgan fingerprint density at radius 3 is 1.69 bits per heavy atom. The zero-order valence-corrected chi connectivity index (χ0v) is 16.9. The zero-order chi connectivity index (χ0) is 19.8. The first-order chi connectivity index (χ1) is 12.1. The Balaban J connectivity index is 2.62. The van der Waals surface area contributed by atoms with Crippen LogP contribution < -0.4 is 0 Å². The summed E-state index contributed by atoms with van der Waals surface area (Å²) < 4.78 is 0. The molecule has 0 fully saturated rings. The molecule has 1 heterocycles. The minimum Gasteiger partial charge on any atom is -0.275 e. The first kappa shape index (κ1) is 22.8. The fraction of sp³-hybridized carbons (Fsp3) is 0.789. The number of rotatable bonds is 13. The molecule has 0 aromatic carbocycles. The lowest BCUT2D eigenvalue weighted by atomic mass is 10.0. The van der Waals surface area contributed by atoms with Gasteiger partial charge in [0.2, 0.25) is 6.29 Å². The molecular weight excluding hydrogens is 338 g/mol. The van der Waals surface area contributed by atoms with Gasteiger partial charge >= 0.3 is 0 Å². The van der Waals surface area contributed by atoms with Crippen molar-refractivity contribution in [3.8, 4) is 0 Å². The monoisotopic (exact) mass is 371 g/mol. The van der Waals surface area contributed by atoms with Crippen molar-refractivity contribution in [2.24, 2.45) is 0 Å². The second kappa shape index (κ2) is 10.2. The van der Waals surface area contributed by atoms with E-state index in [9.17, 15) is 9.59 Å². The third-order valence-electron chi connectivity index (χ3n) is 3.96. The Morgan fingerprint density at radius 2 is 1.31 bits per heavy atom. The maximum Gasteiger partial charge on any atom is 0.253 e. The number of imide groups is 1. The highest BCUT2D eigenvalue weighted by molar-refractivity contribution is 6.12. The fourth-order valence-corrected chi connectivity index (χ4v) is 2.65. The van der Waals surface area contributed by atoms with Crippen LogP contribution in [-0.4, -0.2) is 40.8 Å². The summed E-state index contributed by atoms with van der Waals surface area (Å²) in [7, 11) is 0. The molecule has 7 nitrogen and oxygen atoms in total. The van der Waals surface area contributed by atoms with Gasteiger partial charge in [-0.05, 0) is 40.5 Å². The Kier molecular flexibility index (Phi) is 8.89. The number of carbonyl (C=O) groups excluding carboxylic acids is 2. The van der Waals surface area contributed by atoms with Crippen molar-refractivity contribution >= 4 is 11.8 Å². The number of carbonyl (C=O) groups is 2. The molecule has 0 radical (unpaired) electrons. The van der Waals surface area contributed by atoms with E-state index in [0.29, 0.717) is 0 Å². The maximum absolute atomic E-state index is 11.7. The molecule has 0 bridgehead atoms. The van der Waals surface area contributed by atoms with E-state index < -0.39 is 17.5 Å². The van der Waals surface area contributed by atoms with Crippen LogP contribution in [0.2, 0.25) is 0 Å². The second-order valence-electron chi connectivity index (χ2n) is 7.76. The van der Waals surface area contributed by atoms with Crippen LogP contribution in [0.25, 0.3) is 0 Å². The first-order valence-corrected chi connectivity index (χ1v) is 9.32. The summed E-state index contributed by atoms with van der Waals surface area (Å²) in [6, 6.07) is 0. The molecule has 0 aliphatic carbocycles. The van der Waals surface area contributed by atoms with Crippen LogP contribution in [0.1, 0.15) is 73.6 Å². The van der Waals surface area contributed by atoms with Crippen molar-refractivity contribution in [1.29, 1.82) is 0 Å². The van der Waals surface area contributed by atoms with Gasteiger partial charge in [-0.15, -0.1) is 0 Å². The van der Waals surface area contributed by atoms with Gasteiger partial charge in [0.25, 0.3) is 11.8 Å². The Bertz CT molecular complexity index is 460. The minimum atomic E-state index is -0.858. The van der Waals surface area contributed by atoms with E-state index in [1.165, 1.54) is 12.2 Å². The molecule has 1 rings (SSSR count). The van der Waals surface area contributed by atoms with E-state index in [1.807, 2.05) is 27.7 Å². The molecule has 2 amide bonds. The van der Waals surface area contributed by atoms with Crippen LogP contribution in [0.4, 0.5) is 0 Å². The highest BCUT2D eigenvalue weighted by Gasteiger charge is 2.29. The van der Waals surface area contributed by atoms with Crippen molar-refractivity contribution < 1.29 is 29.1 Å². The molecule has 0 aromatic heterocycles. The molecule has 26 heavy (non-hydrogen) atoms. The third kappa shape index (κ3) is 7.95. The molecule has 1 aliphatic rings. The van der Waals surface area contributed by atoms with Crippen LogP contribution in [0.15, 0.2) is 12.2 Å². The fourth-order valence-electron chi connectivity index (χ4n) is 2.65. The Labute approximate surface area is 156 Å². The summed E-state index contributed by atoms with van der Waals surface area (Å²) >= 11 is 0. The van der Waals surface area contributed by atoms with Gasteiger partial charge in [0, 0.05) is 25.1 Å². The number of hydrogen-bond acceptors (Lipinski definition) is 6. The predicted molar refractivity (Wildman–Crippen MR) is 96.6 cm³/mol. The smallest absolute Gasteiger partial charge is 0.253 e. The van der Waals surface area contributed by atoms with Crippen LogP contribution in [0.3, 0.4) is 0 Å². The van der Waals surface area contributed by atoms with Gasteiger partial charge in [0.1, 0.15) is 0 Å². The summed E-state index contributed by atoms with van der Waals surface area (Å²) in [5.74, 6) is -0.679. The average molecular weight is 371 g/mol. The normalized spacial score (nSPS) is 15.6. The van der Waals surface area contributed by atoms with Gasteiger partial charge in [-0.2, -0.15) is 0 Å². The molecule has 150 valence electrons. The van der Waals surface area contributed by atoms with Crippen molar-refractivity contribution in [2.45, 2.75) is 91.1 Å². The molecule has 0 atom stereocenters. The highest BCUT2D eigenvalue weighted by Crippen LogP contribution is 2.22. The quantitative estimate of drug-likeness (QED) is 0.213. The Morgan fingerprint density at radius 1 is 0.885 bits per heavy atom. The topological polar surface area (TPSA) is 74.3 Å². The number of amides is 2.